The van der Waals surface area contributed by atoms with E-state index in [-0.39, 0.29) is 12.2 Å². The number of carbonyl (C=O) groups is 1. The molecule has 40 heavy (non-hydrogen) atoms. The van der Waals surface area contributed by atoms with E-state index in [0.717, 1.165) is 48.7 Å². The average molecular weight is 700 g/mol. The van der Waals surface area contributed by atoms with Gasteiger partial charge in [0.05, 0.1) is 44.0 Å². The Kier molecular flexibility index (Phi) is 14.6. The molecular formula is C28H38IN5O4S2. The molecule has 2 aliphatic rings. The number of nitrogens with zero attached hydrogens (tertiary/aromatic N) is 4. The van der Waals surface area contributed by atoms with Crippen LogP contribution < -0.4 is 10.2 Å². The van der Waals surface area contributed by atoms with Crippen LogP contribution in [0.3, 0.4) is 0 Å². The van der Waals surface area contributed by atoms with Crippen molar-refractivity contribution in [2.24, 2.45) is 0 Å². The van der Waals surface area contributed by atoms with Gasteiger partial charge in [0, 0.05) is 37.1 Å². The summed E-state index contributed by atoms with van der Waals surface area (Å²) in [7, 11) is 0. The lowest BCUT2D eigenvalue weighted by molar-refractivity contribution is -0.0974. The number of rotatable bonds is 9. The molecular weight excluding hydrogens is 661 g/mol. The highest BCUT2D eigenvalue weighted by Gasteiger charge is 2.19. The molecule has 5 rings (SSSR count). The van der Waals surface area contributed by atoms with Crippen LogP contribution in [-0.2, 0) is 20.8 Å². The smallest absolute Gasteiger partial charge is 0.276 e. The van der Waals surface area contributed by atoms with Crippen molar-refractivity contribution in [1.82, 2.24) is 14.3 Å². The molecule has 12 heteroatoms. The summed E-state index contributed by atoms with van der Waals surface area (Å²) in [6, 6.07) is 11.7. The van der Waals surface area contributed by atoms with Gasteiger partial charge in [0.1, 0.15) is 5.69 Å². The van der Waals surface area contributed by atoms with Gasteiger partial charge in [-0.25, -0.2) is 14.3 Å². The summed E-state index contributed by atoms with van der Waals surface area (Å²) in [5.41, 5.74) is 4.16. The van der Waals surface area contributed by atoms with Gasteiger partial charge in [0.25, 0.3) is 5.91 Å². The van der Waals surface area contributed by atoms with Crippen molar-refractivity contribution in [2.45, 2.75) is 26.7 Å². The first-order valence-electron chi connectivity index (χ1n) is 13.2. The van der Waals surface area contributed by atoms with Gasteiger partial charge in [-0.2, -0.15) is 0 Å². The third-order valence-electron chi connectivity index (χ3n) is 6.06. The second-order valence-electron chi connectivity index (χ2n) is 8.34. The molecule has 3 aromatic rings. The summed E-state index contributed by atoms with van der Waals surface area (Å²) in [6.45, 7) is 9.92. The van der Waals surface area contributed by atoms with Crippen LogP contribution in [0.25, 0.3) is 11.3 Å². The van der Waals surface area contributed by atoms with Gasteiger partial charge in [-0.15, -0.1) is 11.3 Å². The zero-order valence-electron chi connectivity index (χ0n) is 23.5. The Balaban J connectivity index is 0.00000106. The third-order valence-corrected chi connectivity index (χ3v) is 7.70. The van der Waals surface area contributed by atoms with Gasteiger partial charge >= 0.3 is 0 Å². The molecule has 0 aliphatic carbocycles. The summed E-state index contributed by atoms with van der Waals surface area (Å²) < 4.78 is 19.0. The first-order valence-corrected chi connectivity index (χ1v) is 17.5. The van der Waals surface area contributed by atoms with Gasteiger partial charge in [-0.1, -0.05) is 72.7 Å². The van der Waals surface area contributed by atoms with Crippen molar-refractivity contribution >= 4 is 62.6 Å². The van der Waals surface area contributed by atoms with Crippen LogP contribution in [0.1, 0.15) is 29.9 Å². The number of thiazole rings is 1. The highest BCUT2D eigenvalue weighted by molar-refractivity contribution is 14.1. The van der Waals surface area contributed by atoms with Crippen molar-refractivity contribution in [3.8, 4) is 11.3 Å². The molecule has 2 fully saturated rings. The molecule has 0 bridgehead atoms. The minimum atomic E-state index is -0.300. The summed E-state index contributed by atoms with van der Waals surface area (Å²) in [5, 5.41) is 5.34. The van der Waals surface area contributed by atoms with Crippen molar-refractivity contribution < 1.29 is 19.0 Å². The monoisotopic (exact) mass is 699 g/mol. The molecule has 0 unspecified atom stereocenters. The lowest BCUT2D eigenvalue weighted by Gasteiger charge is -2.34. The predicted octanol–water partition coefficient (Wildman–Crippen LogP) is 5.82. The van der Waals surface area contributed by atoms with Crippen molar-refractivity contribution in [2.75, 3.05) is 67.4 Å². The number of ether oxygens (including phenoxy) is 3. The number of carbonyl (C=O) groups excluding carboxylic acids is 1. The minimum absolute atomic E-state index is 0.275. The topological polar surface area (TPSA) is 89.1 Å². The fraction of sp³-hybridized carbons (Fsp3) is 0.464. The van der Waals surface area contributed by atoms with E-state index in [1.807, 2.05) is 54.5 Å². The van der Waals surface area contributed by atoms with E-state index in [1.54, 1.807) is 24.2 Å². The fourth-order valence-corrected chi connectivity index (χ4v) is 5.35. The van der Waals surface area contributed by atoms with E-state index in [1.165, 1.54) is 11.3 Å². The maximum Gasteiger partial charge on any atom is 0.276 e. The fourth-order valence-electron chi connectivity index (χ4n) is 4.12. The Bertz CT molecular complexity index is 1150. The van der Waals surface area contributed by atoms with E-state index in [0.29, 0.717) is 37.3 Å². The number of benzene rings is 1. The molecule has 218 valence electrons. The Morgan fingerprint density at radius 1 is 1.12 bits per heavy atom. The van der Waals surface area contributed by atoms with Crippen LogP contribution in [0.2, 0.25) is 0 Å². The molecule has 2 saturated heterocycles. The van der Waals surface area contributed by atoms with Gasteiger partial charge in [-0.3, -0.25) is 10.1 Å². The molecule has 2 aliphatic heterocycles. The number of hydrogen-bond donors (Lipinski definition) is 1. The lowest BCUT2D eigenvalue weighted by atomic mass is 10.1. The minimum Gasteiger partial charge on any atom is -0.371 e. The van der Waals surface area contributed by atoms with Crippen LogP contribution in [0.4, 0.5) is 10.8 Å². The number of aromatic nitrogens is 2. The van der Waals surface area contributed by atoms with Crippen LogP contribution >= 0.6 is 45.9 Å². The third kappa shape index (κ3) is 9.36. The Labute approximate surface area is 259 Å². The first kappa shape index (κ1) is 32.7. The number of halogens is 1. The zero-order valence-corrected chi connectivity index (χ0v) is 27.3. The number of alkyl halides is 1. The van der Waals surface area contributed by atoms with Gasteiger partial charge in [0.2, 0.25) is 0 Å². The SMILES string of the molecule is CC.CI.CSN1CCN(c2ccc(C(=O)Nc3nc(-c4ccccc4COCC4OCCO4)cs3)nc2)CC1. The number of amides is 1. The Hall–Kier alpha value is -1.81. The highest BCUT2D eigenvalue weighted by Crippen LogP contribution is 2.28. The molecule has 1 amide bonds. The highest BCUT2D eigenvalue weighted by atomic mass is 127. The molecule has 0 atom stereocenters. The van der Waals surface area contributed by atoms with Crippen molar-refractivity contribution in [3.05, 3.63) is 59.2 Å². The average Bonchev–Trinajstić information content (AvgIpc) is 3.72. The molecule has 1 N–H and O–H groups in total. The number of pyridine rings is 1. The molecule has 1 aromatic carbocycles. The number of piperazine rings is 1. The largest absolute Gasteiger partial charge is 0.371 e. The summed E-state index contributed by atoms with van der Waals surface area (Å²) >= 11 is 5.31. The van der Waals surface area contributed by atoms with Crippen LogP contribution in [0, 0.1) is 0 Å². The maximum atomic E-state index is 12.8. The number of hydrogen-bond acceptors (Lipinski definition) is 10. The molecule has 0 spiro atoms. The van der Waals surface area contributed by atoms with Crippen LogP contribution in [-0.4, -0.2) is 83.7 Å². The van der Waals surface area contributed by atoms with Crippen LogP contribution in [0.5, 0.6) is 0 Å². The zero-order chi connectivity index (χ0) is 28.7. The van der Waals surface area contributed by atoms with E-state index in [4.69, 9.17) is 14.2 Å². The van der Waals surface area contributed by atoms with Crippen molar-refractivity contribution in [1.29, 1.82) is 0 Å². The van der Waals surface area contributed by atoms with E-state index < -0.39 is 0 Å². The van der Waals surface area contributed by atoms with E-state index in [2.05, 4.69) is 53.3 Å². The first-order chi connectivity index (χ1) is 19.7. The summed E-state index contributed by atoms with van der Waals surface area (Å²) in [4.78, 5) is 26.1. The molecule has 9 nitrogen and oxygen atoms in total. The van der Waals surface area contributed by atoms with Gasteiger partial charge in [0.15, 0.2) is 11.4 Å². The van der Waals surface area contributed by atoms with Crippen molar-refractivity contribution in [3.63, 3.8) is 0 Å². The lowest BCUT2D eigenvalue weighted by Crippen LogP contribution is -2.43. The summed E-state index contributed by atoms with van der Waals surface area (Å²) in [6.07, 6.45) is 3.58. The Morgan fingerprint density at radius 2 is 1.85 bits per heavy atom. The predicted molar refractivity (Wildman–Crippen MR) is 174 cm³/mol. The molecule has 0 radical (unpaired) electrons. The van der Waals surface area contributed by atoms with Gasteiger partial charge in [-0.05, 0) is 28.9 Å². The second-order valence-corrected chi connectivity index (χ2v) is 10.1. The Morgan fingerprint density at radius 3 is 2.52 bits per heavy atom. The molecule has 4 heterocycles. The number of nitrogens with one attached hydrogen (secondary N) is 1. The summed E-state index contributed by atoms with van der Waals surface area (Å²) in [5.74, 6) is -0.275. The quantitative estimate of drug-likeness (QED) is 0.169. The standard InChI is InChI=1S/C25H29N5O4S2.C2H6.CH3I/c1-35-30-10-8-29(9-11-30)19-6-7-21(26-14-19)24(31)28-25-27-22(17-36-25)20-5-3-2-4-18(20)15-32-16-23-33-12-13-34-23;2*1-2/h2-7,14,17,23H,8-13,15-16H2,1H3,(H,27,28,31);1-2H3;1H3. The van der Waals surface area contributed by atoms with Gasteiger partial charge < -0.3 is 19.1 Å². The number of anilines is 2. The second kappa shape index (κ2) is 17.9. The molecule has 2 aromatic heterocycles. The maximum absolute atomic E-state index is 12.8. The normalized spacial score (nSPS) is 15.6. The van der Waals surface area contributed by atoms with Crippen LogP contribution in [0.15, 0.2) is 48.0 Å². The van der Waals surface area contributed by atoms with E-state index >= 15 is 0 Å². The molecule has 0 saturated carbocycles. The van der Waals surface area contributed by atoms with E-state index in [9.17, 15) is 4.79 Å².